The Labute approximate surface area is 115 Å². The van der Waals surface area contributed by atoms with Crippen molar-refractivity contribution >= 4 is 38.6 Å². The fourth-order valence-corrected chi connectivity index (χ4v) is 4.16. The van der Waals surface area contributed by atoms with E-state index in [1.807, 2.05) is 19.9 Å². The van der Waals surface area contributed by atoms with E-state index in [1.165, 1.54) is 11.3 Å². The molecule has 0 unspecified atom stereocenters. The van der Waals surface area contributed by atoms with Crippen molar-refractivity contribution < 1.29 is 8.42 Å². The van der Waals surface area contributed by atoms with Crippen LogP contribution < -0.4 is 4.72 Å². The zero-order chi connectivity index (χ0) is 13.3. The SMILES string of the molecule is Cc1ccc(NS(=O)(=O)c2ccc(C)s2)c(Cl)c1. The van der Waals surface area contributed by atoms with E-state index in [9.17, 15) is 8.42 Å². The van der Waals surface area contributed by atoms with Crippen LogP contribution in [0.15, 0.2) is 34.5 Å². The van der Waals surface area contributed by atoms with Gasteiger partial charge in [0.1, 0.15) is 4.21 Å². The van der Waals surface area contributed by atoms with Crippen LogP contribution in [0.1, 0.15) is 10.4 Å². The maximum absolute atomic E-state index is 12.1. The van der Waals surface area contributed by atoms with Gasteiger partial charge < -0.3 is 0 Å². The van der Waals surface area contributed by atoms with Gasteiger partial charge in [-0.05, 0) is 43.7 Å². The second-order valence-electron chi connectivity index (χ2n) is 3.95. The Balaban J connectivity index is 2.33. The Bertz CT molecular complexity index is 677. The molecule has 0 atom stereocenters. The summed E-state index contributed by atoms with van der Waals surface area (Å²) in [5, 5.41) is 0.395. The molecule has 1 aromatic heterocycles. The number of nitrogens with one attached hydrogen (secondary N) is 1. The lowest BCUT2D eigenvalue weighted by Crippen LogP contribution is -2.11. The number of halogens is 1. The average Bonchev–Trinajstić information content (AvgIpc) is 2.70. The smallest absolute Gasteiger partial charge is 0.271 e. The maximum atomic E-state index is 12.1. The lowest BCUT2D eigenvalue weighted by Gasteiger charge is -2.08. The second-order valence-corrected chi connectivity index (χ2v) is 7.56. The number of benzene rings is 1. The van der Waals surface area contributed by atoms with E-state index < -0.39 is 10.0 Å². The highest BCUT2D eigenvalue weighted by Gasteiger charge is 2.17. The minimum atomic E-state index is -3.54. The topological polar surface area (TPSA) is 46.2 Å². The predicted octanol–water partition coefficient (Wildman–Crippen LogP) is 3.82. The molecular weight excluding hydrogens is 290 g/mol. The van der Waals surface area contributed by atoms with E-state index in [4.69, 9.17) is 11.6 Å². The Morgan fingerprint density at radius 2 is 1.89 bits per heavy atom. The average molecular weight is 302 g/mol. The molecule has 6 heteroatoms. The third-order valence-corrected chi connectivity index (χ3v) is 5.52. The van der Waals surface area contributed by atoms with Crippen LogP contribution in [0.4, 0.5) is 5.69 Å². The predicted molar refractivity (Wildman–Crippen MR) is 76.1 cm³/mol. The molecule has 0 aliphatic heterocycles. The molecule has 0 radical (unpaired) electrons. The number of hydrogen-bond donors (Lipinski definition) is 1. The molecule has 18 heavy (non-hydrogen) atoms. The van der Waals surface area contributed by atoms with Crippen LogP contribution in [0.5, 0.6) is 0 Å². The first-order valence-corrected chi connectivity index (χ1v) is 7.92. The fraction of sp³-hybridized carbons (Fsp3) is 0.167. The number of hydrogen-bond acceptors (Lipinski definition) is 3. The summed E-state index contributed by atoms with van der Waals surface area (Å²) in [6, 6.07) is 8.55. The van der Waals surface area contributed by atoms with Gasteiger partial charge >= 0.3 is 0 Å². The summed E-state index contributed by atoms with van der Waals surface area (Å²) in [4.78, 5) is 0.949. The third kappa shape index (κ3) is 2.85. The van der Waals surface area contributed by atoms with Crippen molar-refractivity contribution in [2.45, 2.75) is 18.1 Å². The van der Waals surface area contributed by atoms with E-state index in [2.05, 4.69) is 4.72 Å². The third-order valence-electron chi connectivity index (χ3n) is 2.35. The largest absolute Gasteiger partial charge is 0.277 e. The standard InChI is InChI=1S/C12H12ClNO2S2/c1-8-3-5-11(10(13)7-8)14-18(15,16)12-6-4-9(2)17-12/h3-7,14H,1-2H3. The molecule has 1 N–H and O–H groups in total. The molecular formula is C12H12ClNO2S2. The van der Waals surface area contributed by atoms with Crippen LogP contribution in [0.25, 0.3) is 0 Å². The number of aryl methyl sites for hydroxylation is 2. The van der Waals surface area contributed by atoms with Crippen molar-refractivity contribution in [3.63, 3.8) is 0 Å². The molecule has 1 heterocycles. The van der Waals surface area contributed by atoms with Gasteiger partial charge in [0.15, 0.2) is 0 Å². The van der Waals surface area contributed by atoms with E-state index in [0.29, 0.717) is 10.7 Å². The summed E-state index contributed by atoms with van der Waals surface area (Å²) in [7, 11) is -3.54. The Hall–Kier alpha value is -1.04. The lowest BCUT2D eigenvalue weighted by molar-refractivity contribution is 0.603. The molecule has 1 aromatic carbocycles. The zero-order valence-electron chi connectivity index (χ0n) is 9.90. The van der Waals surface area contributed by atoms with Crippen LogP contribution in [0.2, 0.25) is 5.02 Å². The Morgan fingerprint density at radius 1 is 1.17 bits per heavy atom. The summed E-state index contributed by atoms with van der Waals surface area (Å²) in [5.41, 5.74) is 1.38. The monoisotopic (exact) mass is 301 g/mol. The minimum absolute atomic E-state index is 0.289. The molecule has 2 aromatic rings. The van der Waals surface area contributed by atoms with Crippen molar-refractivity contribution in [2.75, 3.05) is 4.72 Å². The van der Waals surface area contributed by atoms with Crippen LogP contribution in [0, 0.1) is 13.8 Å². The van der Waals surface area contributed by atoms with Gasteiger partial charge in [0, 0.05) is 4.88 Å². The fourth-order valence-electron chi connectivity index (χ4n) is 1.45. The summed E-state index contributed by atoms with van der Waals surface area (Å²) in [6.45, 7) is 3.76. The van der Waals surface area contributed by atoms with Gasteiger partial charge in [-0.3, -0.25) is 4.72 Å². The summed E-state index contributed by atoms with van der Waals surface area (Å²) in [6.07, 6.45) is 0. The van der Waals surface area contributed by atoms with Crippen molar-refractivity contribution in [1.29, 1.82) is 0 Å². The van der Waals surface area contributed by atoms with E-state index in [1.54, 1.807) is 24.3 Å². The van der Waals surface area contributed by atoms with Gasteiger partial charge in [-0.25, -0.2) is 8.42 Å². The molecule has 0 fully saturated rings. The zero-order valence-corrected chi connectivity index (χ0v) is 12.3. The quantitative estimate of drug-likeness (QED) is 0.937. The molecule has 96 valence electrons. The molecule has 0 saturated heterocycles. The molecule has 0 bridgehead atoms. The van der Waals surface area contributed by atoms with Gasteiger partial charge in [-0.15, -0.1) is 11.3 Å². The first-order valence-electron chi connectivity index (χ1n) is 5.24. The number of thiophene rings is 1. The lowest BCUT2D eigenvalue weighted by atomic mass is 10.2. The summed E-state index contributed by atoms with van der Waals surface area (Å²) in [5.74, 6) is 0. The van der Waals surface area contributed by atoms with Gasteiger partial charge in [0.2, 0.25) is 0 Å². The molecule has 0 spiro atoms. The van der Waals surface area contributed by atoms with Gasteiger partial charge in [-0.1, -0.05) is 17.7 Å². The van der Waals surface area contributed by atoms with Crippen LogP contribution in [0.3, 0.4) is 0 Å². The van der Waals surface area contributed by atoms with Gasteiger partial charge in [0.05, 0.1) is 10.7 Å². The van der Waals surface area contributed by atoms with E-state index in [0.717, 1.165) is 10.4 Å². The van der Waals surface area contributed by atoms with Crippen molar-refractivity contribution in [3.8, 4) is 0 Å². The van der Waals surface area contributed by atoms with Gasteiger partial charge in [-0.2, -0.15) is 0 Å². The molecule has 0 saturated carbocycles. The second kappa shape index (κ2) is 4.91. The first-order chi connectivity index (χ1) is 8.38. The molecule has 2 rings (SSSR count). The molecule has 0 aliphatic rings. The van der Waals surface area contributed by atoms with E-state index in [-0.39, 0.29) is 4.21 Å². The maximum Gasteiger partial charge on any atom is 0.271 e. The summed E-state index contributed by atoms with van der Waals surface area (Å²) >= 11 is 7.23. The normalized spacial score (nSPS) is 11.5. The number of anilines is 1. The van der Waals surface area contributed by atoms with Crippen molar-refractivity contribution in [2.24, 2.45) is 0 Å². The van der Waals surface area contributed by atoms with Gasteiger partial charge in [0.25, 0.3) is 10.0 Å². The molecule has 3 nitrogen and oxygen atoms in total. The number of sulfonamides is 1. The van der Waals surface area contributed by atoms with Crippen LogP contribution in [-0.2, 0) is 10.0 Å². The minimum Gasteiger partial charge on any atom is -0.277 e. The van der Waals surface area contributed by atoms with Crippen LogP contribution >= 0.6 is 22.9 Å². The Morgan fingerprint density at radius 3 is 2.44 bits per heavy atom. The van der Waals surface area contributed by atoms with Crippen molar-refractivity contribution in [3.05, 3.63) is 45.8 Å². The van der Waals surface area contributed by atoms with Crippen LogP contribution in [-0.4, -0.2) is 8.42 Å². The van der Waals surface area contributed by atoms with E-state index >= 15 is 0 Å². The highest BCUT2D eigenvalue weighted by Crippen LogP contribution is 2.27. The number of rotatable bonds is 3. The highest BCUT2D eigenvalue weighted by atomic mass is 35.5. The van der Waals surface area contributed by atoms with Crippen molar-refractivity contribution in [1.82, 2.24) is 0 Å². The molecule has 0 amide bonds. The molecule has 0 aliphatic carbocycles. The first kappa shape index (κ1) is 13.4. The highest BCUT2D eigenvalue weighted by molar-refractivity contribution is 7.94. The Kier molecular flexibility index (Phi) is 3.66. The summed E-state index contributed by atoms with van der Waals surface area (Å²) < 4.78 is 27.0.